The van der Waals surface area contributed by atoms with Crippen LogP contribution in [-0.2, 0) is 14.6 Å². The topological polar surface area (TPSA) is 66.5 Å². The molecule has 7 heteroatoms. The number of hydrogen-bond donors (Lipinski definition) is 1. The van der Waals surface area contributed by atoms with E-state index >= 15 is 0 Å². The van der Waals surface area contributed by atoms with E-state index < -0.39 is 9.84 Å². The summed E-state index contributed by atoms with van der Waals surface area (Å²) in [6, 6.07) is -0.112. The highest BCUT2D eigenvalue weighted by Gasteiger charge is 2.33. The first-order chi connectivity index (χ1) is 7.50. The second-order valence-corrected chi connectivity index (χ2v) is 6.32. The summed E-state index contributed by atoms with van der Waals surface area (Å²) >= 11 is 0. The lowest BCUT2D eigenvalue weighted by Gasteiger charge is -2.26. The third-order valence-corrected chi connectivity index (χ3v) is 4.65. The van der Waals surface area contributed by atoms with Gasteiger partial charge in [0.25, 0.3) is 0 Å². The Bertz CT molecular complexity index is 345. The maximum absolute atomic E-state index is 11.8. The first-order valence-electron chi connectivity index (χ1n) is 5.64. The summed E-state index contributed by atoms with van der Waals surface area (Å²) in [5, 5.41) is 2.92. The van der Waals surface area contributed by atoms with Crippen molar-refractivity contribution in [1.29, 1.82) is 0 Å². The van der Waals surface area contributed by atoms with Crippen molar-refractivity contribution in [2.45, 2.75) is 25.8 Å². The third kappa shape index (κ3) is 4.81. The van der Waals surface area contributed by atoms with Crippen molar-refractivity contribution in [1.82, 2.24) is 10.2 Å². The van der Waals surface area contributed by atoms with Gasteiger partial charge < -0.3 is 10.2 Å². The van der Waals surface area contributed by atoms with Gasteiger partial charge in [0.2, 0.25) is 5.91 Å². The number of rotatable bonds is 5. The molecular weight excluding hydrogens is 264 g/mol. The lowest BCUT2D eigenvalue weighted by Crippen LogP contribution is -2.41. The predicted molar refractivity (Wildman–Crippen MR) is 70.2 cm³/mol. The van der Waals surface area contributed by atoms with E-state index in [0.29, 0.717) is 25.9 Å². The van der Waals surface area contributed by atoms with Crippen molar-refractivity contribution in [2.75, 3.05) is 31.6 Å². The van der Waals surface area contributed by atoms with E-state index in [9.17, 15) is 13.2 Å². The van der Waals surface area contributed by atoms with E-state index in [0.717, 1.165) is 0 Å². The fourth-order valence-corrected chi connectivity index (χ4v) is 3.77. The Kier molecular flexibility index (Phi) is 7.04. The van der Waals surface area contributed by atoms with E-state index in [1.54, 1.807) is 11.9 Å². The van der Waals surface area contributed by atoms with Gasteiger partial charge in [0.05, 0.1) is 11.5 Å². The zero-order chi connectivity index (χ0) is 12.2. The minimum Gasteiger partial charge on any atom is -0.339 e. The lowest BCUT2D eigenvalue weighted by molar-refractivity contribution is -0.132. The van der Waals surface area contributed by atoms with Crippen LogP contribution in [0.4, 0.5) is 0 Å². The molecular formula is C10H21ClN2O3S. The fourth-order valence-electron chi connectivity index (χ4n) is 2.03. The molecule has 1 aliphatic rings. The van der Waals surface area contributed by atoms with Crippen molar-refractivity contribution in [3.63, 3.8) is 0 Å². The molecule has 1 heterocycles. The molecule has 17 heavy (non-hydrogen) atoms. The number of nitrogens with one attached hydrogen (secondary N) is 1. The van der Waals surface area contributed by atoms with Crippen LogP contribution in [0.1, 0.15) is 19.8 Å². The molecule has 102 valence electrons. The molecule has 1 atom stereocenters. The van der Waals surface area contributed by atoms with Crippen LogP contribution in [0.5, 0.6) is 0 Å². The Hall–Kier alpha value is -0.330. The SMILES string of the molecule is CCN(C(=O)CCNC)C1CCS(=O)(=O)C1.Cl. The molecule has 0 bridgehead atoms. The second kappa shape index (κ2) is 7.18. The van der Waals surface area contributed by atoms with Gasteiger partial charge in [0, 0.05) is 25.6 Å². The monoisotopic (exact) mass is 284 g/mol. The Balaban J connectivity index is 0.00000256. The lowest BCUT2D eigenvalue weighted by atomic mass is 10.2. The number of halogens is 1. The van der Waals surface area contributed by atoms with Crippen molar-refractivity contribution in [3.05, 3.63) is 0 Å². The van der Waals surface area contributed by atoms with Crippen molar-refractivity contribution >= 4 is 28.2 Å². The summed E-state index contributed by atoms with van der Waals surface area (Å²) in [5.74, 6) is 0.388. The Morgan fingerprint density at radius 2 is 2.12 bits per heavy atom. The molecule has 0 aromatic heterocycles. The second-order valence-electron chi connectivity index (χ2n) is 4.09. The van der Waals surface area contributed by atoms with Crippen LogP contribution in [0.2, 0.25) is 0 Å². The highest BCUT2D eigenvalue weighted by Crippen LogP contribution is 2.18. The molecule has 0 spiro atoms. The van der Waals surface area contributed by atoms with Crippen LogP contribution in [0.25, 0.3) is 0 Å². The van der Waals surface area contributed by atoms with Gasteiger partial charge in [-0.3, -0.25) is 4.79 Å². The average molecular weight is 285 g/mol. The van der Waals surface area contributed by atoms with Gasteiger partial charge in [-0.05, 0) is 20.4 Å². The van der Waals surface area contributed by atoms with Gasteiger partial charge in [-0.25, -0.2) is 8.42 Å². The zero-order valence-electron chi connectivity index (χ0n) is 10.3. The summed E-state index contributed by atoms with van der Waals surface area (Å²) in [5.41, 5.74) is 0. The van der Waals surface area contributed by atoms with Gasteiger partial charge in [-0.1, -0.05) is 0 Å². The molecule has 0 saturated carbocycles. The average Bonchev–Trinajstić information content (AvgIpc) is 2.57. The molecule has 1 N–H and O–H groups in total. The van der Waals surface area contributed by atoms with Gasteiger partial charge in [0.15, 0.2) is 9.84 Å². The highest BCUT2D eigenvalue weighted by atomic mass is 35.5. The zero-order valence-corrected chi connectivity index (χ0v) is 11.9. The smallest absolute Gasteiger partial charge is 0.224 e. The number of hydrogen-bond acceptors (Lipinski definition) is 4. The predicted octanol–water partition coefficient (Wildman–Crippen LogP) is 0.0533. The first kappa shape index (κ1) is 16.7. The van der Waals surface area contributed by atoms with Gasteiger partial charge >= 0.3 is 0 Å². The third-order valence-electron chi connectivity index (χ3n) is 2.90. The van der Waals surface area contributed by atoms with Crippen LogP contribution in [0, 0.1) is 0 Å². The molecule has 1 rings (SSSR count). The quantitative estimate of drug-likeness (QED) is 0.775. The van der Waals surface area contributed by atoms with Gasteiger partial charge in [-0.2, -0.15) is 0 Å². The fraction of sp³-hybridized carbons (Fsp3) is 0.900. The number of carbonyl (C=O) groups is 1. The van der Waals surface area contributed by atoms with E-state index in [1.807, 2.05) is 6.92 Å². The molecule has 5 nitrogen and oxygen atoms in total. The number of carbonyl (C=O) groups excluding carboxylic acids is 1. The van der Waals surface area contributed by atoms with Crippen LogP contribution in [-0.4, -0.2) is 56.9 Å². The Labute approximate surface area is 109 Å². The van der Waals surface area contributed by atoms with Gasteiger partial charge in [0.1, 0.15) is 0 Å². The maximum Gasteiger partial charge on any atom is 0.224 e. The molecule has 1 aliphatic heterocycles. The standard InChI is InChI=1S/C10H20N2O3S.ClH/c1-3-12(10(13)4-6-11-2)9-5-7-16(14,15)8-9;/h9,11H,3-8H2,1-2H3;1H. The summed E-state index contributed by atoms with van der Waals surface area (Å²) in [6.07, 6.45) is 1.02. The van der Waals surface area contributed by atoms with E-state index in [4.69, 9.17) is 0 Å². The Morgan fingerprint density at radius 3 is 2.53 bits per heavy atom. The van der Waals surface area contributed by atoms with Gasteiger partial charge in [-0.15, -0.1) is 12.4 Å². The minimum absolute atomic E-state index is 0. The molecule has 0 aromatic carbocycles. The number of nitrogens with zero attached hydrogens (tertiary/aromatic N) is 1. The normalized spacial score (nSPS) is 21.9. The maximum atomic E-state index is 11.8. The molecule has 0 aliphatic carbocycles. The van der Waals surface area contributed by atoms with Crippen LogP contribution < -0.4 is 5.32 Å². The summed E-state index contributed by atoms with van der Waals surface area (Å²) in [6.45, 7) is 3.11. The minimum atomic E-state index is -2.91. The van der Waals surface area contributed by atoms with E-state index in [-0.39, 0.29) is 35.9 Å². The van der Waals surface area contributed by atoms with Crippen molar-refractivity contribution in [3.8, 4) is 0 Å². The van der Waals surface area contributed by atoms with Crippen molar-refractivity contribution in [2.24, 2.45) is 0 Å². The van der Waals surface area contributed by atoms with Crippen molar-refractivity contribution < 1.29 is 13.2 Å². The van der Waals surface area contributed by atoms with Crippen LogP contribution in [0.15, 0.2) is 0 Å². The molecule has 0 radical (unpaired) electrons. The number of sulfone groups is 1. The highest BCUT2D eigenvalue weighted by molar-refractivity contribution is 7.91. The van der Waals surface area contributed by atoms with Crippen LogP contribution in [0.3, 0.4) is 0 Å². The summed E-state index contributed by atoms with van der Waals surface area (Å²) in [7, 11) is -1.12. The number of amides is 1. The summed E-state index contributed by atoms with van der Waals surface area (Å²) < 4.78 is 22.7. The summed E-state index contributed by atoms with van der Waals surface area (Å²) in [4.78, 5) is 13.5. The molecule has 1 fully saturated rings. The molecule has 1 saturated heterocycles. The molecule has 1 unspecified atom stereocenters. The van der Waals surface area contributed by atoms with Crippen LogP contribution >= 0.6 is 12.4 Å². The van der Waals surface area contributed by atoms with E-state index in [2.05, 4.69) is 5.32 Å². The molecule has 0 aromatic rings. The molecule has 1 amide bonds. The largest absolute Gasteiger partial charge is 0.339 e. The Morgan fingerprint density at radius 1 is 1.47 bits per heavy atom. The van der Waals surface area contributed by atoms with E-state index in [1.165, 1.54) is 0 Å². The first-order valence-corrected chi connectivity index (χ1v) is 7.46.